The first-order valence-electron chi connectivity index (χ1n) is 10.3. The molecule has 2 aromatic rings. The molecule has 0 bridgehead atoms. The Morgan fingerprint density at radius 3 is 2.03 bits per heavy atom. The molecule has 2 aromatic carbocycles. The van der Waals surface area contributed by atoms with Gasteiger partial charge in [0.1, 0.15) is 5.67 Å². The maximum absolute atomic E-state index is 14.8. The van der Waals surface area contributed by atoms with E-state index < -0.39 is 14.0 Å². The van der Waals surface area contributed by atoms with Gasteiger partial charge in [-0.05, 0) is 27.6 Å². The molecule has 2 nitrogen and oxygen atoms in total. The molecular weight excluding hydrogens is 389 g/mol. The maximum Gasteiger partial charge on any atom is 0.262 e. The fourth-order valence-corrected chi connectivity index (χ4v) is 8.41. The third kappa shape index (κ3) is 4.75. The molecule has 0 fully saturated rings. The molecule has 156 valence electrons. The fourth-order valence-electron chi connectivity index (χ4n) is 3.97. The highest BCUT2D eigenvalue weighted by Gasteiger charge is 2.50. The summed E-state index contributed by atoms with van der Waals surface area (Å²) in [4.78, 5) is 0. The fraction of sp³-hybridized carbons (Fsp3) is 0.308. The largest absolute Gasteiger partial charge is 0.399 e. The average molecular weight is 420 g/mol. The van der Waals surface area contributed by atoms with E-state index in [2.05, 4.69) is 81.1 Å². The Morgan fingerprint density at radius 1 is 1.00 bits per heavy atom. The summed E-state index contributed by atoms with van der Waals surface area (Å²) in [5.74, 6) is 6.06. The van der Waals surface area contributed by atoms with Crippen molar-refractivity contribution in [1.29, 1.82) is 0 Å². The van der Waals surface area contributed by atoms with Crippen LogP contribution in [-0.4, -0.2) is 20.6 Å². The van der Waals surface area contributed by atoms with E-state index in [9.17, 15) is 4.39 Å². The standard InChI is InChI=1S/C26H30FNOSi/c1-25(2,3)30(23-12-6-4-7-13-23,24-14-8-5-9-15-24)29-21-11-10-18-26(27)19-16-22(28)17-20-26/h4-9,12-17,19H,18,20-21,28H2,1-3H3. The van der Waals surface area contributed by atoms with E-state index in [1.165, 1.54) is 16.4 Å². The molecule has 1 unspecified atom stereocenters. The van der Waals surface area contributed by atoms with Crippen LogP contribution in [0.15, 0.2) is 84.6 Å². The SMILES string of the molecule is CC(C)(C)[Si](OCC#CCC1(F)C=CC(N)=CC1)(c1ccccc1)c1ccccc1. The molecule has 0 aliphatic heterocycles. The van der Waals surface area contributed by atoms with Gasteiger partial charge in [0.05, 0.1) is 6.61 Å². The Labute approximate surface area is 180 Å². The smallest absolute Gasteiger partial charge is 0.262 e. The molecule has 2 N–H and O–H groups in total. The second kappa shape index (κ2) is 9.03. The van der Waals surface area contributed by atoms with Crippen molar-refractivity contribution in [2.75, 3.05) is 6.61 Å². The first-order valence-corrected chi connectivity index (χ1v) is 12.2. The van der Waals surface area contributed by atoms with Crippen LogP contribution in [0.3, 0.4) is 0 Å². The van der Waals surface area contributed by atoms with E-state index in [4.69, 9.17) is 10.2 Å². The first-order chi connectivity index (χ1) is 14.3. The second-order valence-corrected chi connectivity index (χ2v) is 13.1. The Bertz CT molecular complexity index is 927. The Morgan fingerprint density at radius 2 is 1.57 bits per heavy atom. The summed E-state index contributed by atoms with van der Waals surface area (Å²) in [6, 6.07) is 20.9. The van der Waals surface area contributed by atoms with Crippen molar-refractivity contribution < 1.29 is 8.82 Å². The maximum atomic E-state index is 14.8. The number of halogens is 1. The lowest BCUT2D eigenvalue weighted by atomic mass is 9.93. The zero-order valence-electron chi connectivity index (χ0n) is 18.0. The van der Waals surface area contributed by atoms with E-state index in [0.717, 1.165) is 0 Å². The zero-order chi connectivity index (χ0) is 21.7. The summed E-state index contributed by atoms with van der Waals surface area (Å²) in [5.41, 5.74) is 4.84. The van der Waals surface area contributed by atoms with Crippen LogP contribution in [0.2, 0.25) is 5.04 Å². The highest BCUT2D eigenvalue weighted by molar-refractivity contribution is 6.99. The molecule has 0 amide bonds. The molecule has 0 aromatic heterocycles. The first kappa shape index (κ1) is 22.1. The second-order valence-electron chi connectivity index (χ2n) is 8.76. The van der Waals surface area contributed by atoms with Gasteiger partial charge in [-0.2, -0.15) is 0 Å². The van der Waals surface area contributed by atoms with Gasteiger partial charge < -0.3 is 10.2 Å². The topological polar surface area (TPSA) is 35.2 Å². The number of benzene rings is 2. The van der Waals surface area contributed by atoms with Gasteiger partial charge in [0.15, 0.2) is 0 Å². The minimum absolute atomic E-state index is 0.104. The number of alkyl halides is 1. The van der Waals surface area contributed by atoms with Gasteiger partial charge in [0, 0.05) is 18.5 Å². The summed E-state index contributed by atoms with van der Waals surface area (Å²) in [6.45, 7) is 6.96. The molecule has 4 heteroatoms. The van der Waals surface area contributed by atoms with Crippen LogP contribution in [0, 0.1) is 11.8 Å². The van der Waals surface area contributed by atoms with Gasteiger partial charge in [0.25, 0.3) is 8.32 Å². The predicted octanol–water partition coefficient (Wildman–Crippen LogP) is 4.47. The number of nitrogens with two attached hydrogens (primary N) is 1. The highest BCUT2D eigenvalue weighted by atomic mass is 28.4. The van der Waals surface area contributed by atoms with Crippen LogP contribution in [0.4, 0.5) is 4.39 Å². The lowest BCUT2D eigenvalue weighted by Gasteiger charge is -2.42. The lowest BCUT2D eigenvalue weighted by molar-refractivity contribution is 0.237. The molecule has 1 aliphatic rings. The van der Waals surface area contributed by atoms with Crippen molar-refractivity contribution in [3.8, 4) is 11.8 Å². The van der Waals surface area contributed by atoms with Gasteiger partial charge in [0.2, 0.25) is 0 Å². The Kier molecular flexibility index (Phi) is 6.65. The summed E-state index contributed by atoms with van der Waals surface area (Å²) in [7, 11) is -2.60. The minimum atomic E-state index is -2.60. The monoisotopic (exact) mass is 419 g/mol. The molecule has 0 spiro atoms. The van der Waals surface area contributed by atoms with Gasteiger partial charge in [-0.15, -0.1) is 0 Å². The molecular formula is C26H30FNOSi. The van der Waals surface area contributed by atoms with Crippen molar-refractivity contribution in [2.45, 2.75) is 44.3 Å². The van der Waals surface area contributed by atoms with Crippen LogP contribution < -0.4 is 16.1 Å². The van der Waals surface area contributed by atoms with Crippen LogP contribution in [0.1, 0.15) is 33.6 Å². The number of allylic oxidation sites excluding steroid dienone is 3. The van der Waals surface area contributed by atoms with E-state index >= 15 is 0 Å². The Balaban J connectivity index is 1.85. The summed E-state index contributed by atoms with van der Waals surface area (Å²) < 4.78 is 21.5. The third-order valence-electron chi connectivity index (χ3n) is 5.54. The zero-order valence-corrected chi connectivity index (χ0v) is 19.0. The van der Waals surface area contributed by atoms with E-state index in [1.807, 2.05) is 12.1 Å². The third-order valence-corrected chi connectivity index (χ3v) is 10.5. The molecule has 30 heavy (non-hydrogen) atoms. The molecule has 0 saturated heterocycles. The summed E-state index contributed by atoms with van der Waals surface area (Å²) in [5, 5.41) is 2.32. The lowest BCUT2D eigenvalue weighted by Crippen LogP contribution is -2.66. The van der Waals surface area contributed by atoms with Crippen molar-refractivity contribution in [3.05, 3.63) is 84.6 Å². The van der Waals surface area contributed by atoms with Crippen molar-refractivity contribution in [3.63, 3.8) is 0 Å². The summed E-state index contributed by atoms with van der Waals surface area (Å²) >= 11 is 0. The summed E-state index contributed by atoms with van der Waals surface area (Å²) in [6.07, 6.45) is 5.24. The van der Waals surface area contributed by atoms with Gasteiger partial charge >= 0.3 is 0 Å². The molecule has 1 aliphatic carbocycles. The highest BCUT2D eigenvalue weighted by Crippen LogP contribution is 2.36. The van der Waals surface area contributed by atoms with Crippen molar-refractivity contribution in [2.24, 2.45) is 5.73 Å². The van der Waals surface area contributed by atoms with E-state index in [0.29, 0.717) is 5.70 Å². The number of rotatable bonds is 5. The Hall–Kier alpha value is -2.61. The van der Waals surface area contributed by atoms with E-state index in [-0.39, 0.29) is 24.5 Å². The number of hydrogen-bond donors (Lipinski definition) is 1. The van der Waals surface area contributed by atoms with Crippen molar-refractivity contribution in [1.82, 2.24) is 0 Å². The number of hydrogen-bond acceptors (Lipinski definition) is 2. The van der Waals surface area contributed by atoms with E-state index in [1.54, 1.807) is 12.2 Å². The predicted molar refractivity (Wildman–Crippen MR) is 126 cm³/mol. The van der Waals surface area contributed by atoms with Crippen LogP contribution in [0.25, 0.3) is 0 Å². The van der Waals surface area contributed by atoms with Crippen LogP contribution >= 0.6 is 0 Å². The quantitative estimate of drug-likeness (QED) is 0.573. The molecule has 3 rings (SSSR count). The average Bonchev–Trinajstić information content (AvgIpc) is 2.73. The van der Waals surface area contributed by atoms with Gasteiger partial charge in [-0.25, -0.2) is 4.39 Å². The van der Waals surface area contributed by atoms with Gasteiger partial charge in [-0.1, -0.05) is 99.4 Å². The van der Waals surface area contributed by atoms with Crippen LogP contribution in [-0.2, 0) is 4.43 Å². The minimum Gasteiger partial charge on any atom is -0.399 e. The normalized spacial score (nSPS) is 19.0. The molecule has 0 saturated carbocycles. The van der Waals surface area contributed by atoms with Crippen LogP contribution in [0.5, 0.6) is 0 Å². The van der Waals surface area contributed by atoms with Crippen molar-refractivity contribution >= 4 is 18.7 Å². The van der Waals surface area contributed by atoms with Gasteiger partial charge in [-0.3, -0.25) is 0 Å². The molecule has 0 heterocycles. The molecule has 1 atom stereocenters. The molecule has 0 radical (unpaired) electrons.